The lowest BCUT2D eigenvalue weighted by Crippen LogP contribution is -2.38. The van der Waals surface area contributed by atoms with E-state index in [9.17, 15) is 4.79 Å². The van der Waals surface area contributed by atoms with Crippen LogP contribution in [-0.4, -0.2) is 29.8 Å². The van der Waals surface area contributed by atoms with E-state index < -0.39 is 12.1 Å². The van der Waals surface area contributed by atoms with Crippen LogP contribution in [0.4, 0.5) is 0 Å². The summed E-state index contributed by atoms with van der Waals surface area (Å²) in [7, 11) is 0. The largest absolute Gasteiger partial charge is 0.479 e. The van der Waals surface area contributed by atoms with Gasteiger partial charge >= 0.3 is 5.97 Å². The molecule has 0 bridgehead atoms. The quantitative estimate of drug-likeness (QED) is 0.525. The molecule has 10 heavy (non-hydrogen) atoms. The van der Waals surface area contributed by atoms with Gasteiger partial charge in [0.05, 0.1) is 6.61 Å². The zero-order valence-corrected chi connectivity index (χ0v) is 5.62. The van der Waals surface area contributed by atoms with Gasteiger partial charge in [-0.3, -0.25) is 0 Å². The molecule has 0 radical (unpaired) electrons. The average Bonchev–Trinajstić information content (AvgIpc) is 1.88. The SMILES string of the molecule is N[C@H]1CC[C@H](C(=O)O)OC1. The molecular formula is C6H11NO3. The molecule has 1 fully saturated rings. The summed E-state index contributed by atoms with van der Waals surface area (Å²) in [5.74, 6) is -0.882. The monoisotopic (exact) mass is 145 g/mol. The molecule has 3 N–H and O–H groups in total. The predicted molar refractivity (Wildman–Crippen MR) is 34.6 cm³/mol. The molecule has 0 aliphatic carbocycles. The second-order valence-electron chi connectivity index (χ2n) is 2.50. The highest BCUT2D eigenvalue weighted by atomic mass is 16.5. The second kappa shape index (κ2) is 2.98. The lowest BCUT2D eigenvalue weighted by atomic mass is 10.1. The van der Waals surface area contributed by atoms with Crippen molar-refractivity contribution in [3.63, 3.8) is 0 Å². The van der Waals surface area contributed by atoms with Crippen LogP contribution in [0.15, 0.2) is 0 Å². The van der Waals surface area contributed by atoms with Crippen molar-refractivity contribution < 1.29 is 14.6 Å². The van der Waals surface area contributed by atoms with Gasteiger partial charge in [-0.1, -0.05) is 0 Å². The first-order valence-electron chi connectivity index (χ1n) is 3.30. The molecule has 0 unspecified atom stereocenters. The molecule has 58 valence electrons. The van der Waals surface area contributed by atoms with E-state index in [-0.39, 0.29) is 6.04 Å². The fourth-order valence-electron chi connectivity index (χ4n) is 0.967. The van der Waals surface area contributed by atoms with Crippen molar-refractivity contribution in [1.29, 1.82) is 0 Å². The van der Waals surface area contributed by atoms with Crippen molar-refractivity contribution in [3.8, 4) is 0 Å². The minimum absolute atomic E-state index is 0.0237. The minimum atomic E-state index is -0.882. The summed E-state index contributed by atoms with van der Waals surface area (Å²) in [5.41, 5.74) is 5.48. The number of rotatable bonds is 1. The van der Waals surface area contributed by atoms with Gasteiger partial charge in [-0.15, -0.1) is 0 Å². The minimum Gasteiger partial charge on any atom is -0.479 e. The van der Waals surface area contributed by atoms with Gasteiger partial charge in [-0.05, 0) is 12.8 Å². The fourth-order valence-corrected chi connectivity index (χ4v) is 0.967. The molecule has 0 aromatic heterocycles. The molecule has 0 spiro atoms. The van der Waals surface area contributed by atoms with Gasteiger partial charge in [0.15, 0.2) is 6.10 Å². The van der Waals surface area contributed by atoms with Gasteiger partial charge < -0.3 is 15.6 Å². The van der Waals surface area contributed by atoms with E-state index in [1.165, 1.54) is 0 Å². The third-order valence-electron chi connectivity index (χ3n) is 1.59. The summed E-state index contributed by atoms with van der Waals surface area (Å²) in [5, 5.41) is 8.46. The first-order chi connectivity index (χ1) is 4.70. The van der Waals surface area contributed by atoms with E-state index in [1.54, 1.807) is 0 Å². The van der Waals surface area contributed by atoms with Gasteiger partial charge in [0.1, 0.15) is 0 Å². The van der Waals surface area contributed by atoms with E-state index in [4.69, 9.17) is 15.6 Å². The molecule has 1 heterocycles. The average molecular weight is 145 g/mol. The van der Waals surface area contributed by atoms with Crippen molar-refractivity contribution >= 4 is 5.97 Å². The molecule has 0 aromatic rings. The van der Waals surface area contributed by atoms with Gasteiger partial charge in [0.25, 0.3) is 0 Å². The zero-order valence-electron chi connectivity index (χ0n) is 5.62. The van der Waals surface area contributed by atoms with Crippen LogP contribution < -0.4 is 5.73 Å². The van der Waals surface area contributed by atoms with Crippen LogP contribution in [0.2, 0.25) is 0 Å². The summed E-state index contributed by atoms with van der Waals surface area (Å²) in [6.45, 7) is 0.372. The van der Waals surface area contributed by atoms with Crippen LogP contribution in [0.3, 0.4) is 0 Å². The Hall–Kier alpha value is -0.610. The van der Waals surface area contributed by atoms with E-state index >= 15 is 0 Å². The Kier molecular flexibility index (Phi) is 2.24. The molecule has 4 nitrogen and oxygen atoms in total. The van der Waals surface area contributed by atoms with Crippen molar-refractivity contribution in [2.45, 2.75) is 25.0 Å². The third kappa shape index (κ3) is 1.68. The van der Waals surface area contributed by atoms with Crippen LogP contribution in [0.1, 0.15) is 12.8 Å². The van der Waals surface area contributed by atoms with Gasteiger partial charge in [-0.25, -0.2) is 4.79 Å². The predicted octanol–water partition coefficient (Wildman–Crippen LogP) is -0.423. The normalized spacial score (nSPS) is 33.7. The maximum absolute atomic E-state index is 10.3. The van der Waals surface area contributed by atoms with Gasteiger partial charge in [0.2, 0.25) is 0 Å². The van der Waals surface area contributed by atoms with E-state index in [2.05, 4.69) is 0 Å². The summed E-state index contributed by atoms with van der Waals surface area (Å²) in [6, 6.07) is 0.0237. The number of carbonyl (C=O) groups is 1. The fraction of sp³-hybridized carbons (Fsp3) is 0.833. The first kappa shape index (κ1) is 7.50. The Morgan fingerprint density at radius 1 is 1.60 bits per heavy atom. The number of hydrogen-bond acceptors (Lipinski definition) is 3. The highest BCUT2D eigenvalue weighted by Gasteiger charge is 2.24. The Morgan fingerprint density at radius 3 is 2.70 bits per heavy atom. The molecule has 0 amide bonds. The number of carboxylic acid groups (broad SMARTS) is 1. The highest BCUT2D eigenvalue weighted by Crippen LogP contribution is 2.11. The number of nitrogens with two attached hydrogens (primary N) is 1. The Bertz CT molecular complexity index is 129. The molecule has 0 aromatic carbocycles. The van der Waals surface area contributed by atoms with Crippen LogP contribution in [0.5, 0.6) is 0 Å². The van der Waals surface area contributed by atoms with Crippen LogP contribution in [-0.2, 0) is 9.53 Å². The second-order valence-corrected chi connectivity index (χ2v) is 2.50. The maximum Gasteiger partial charge on any atom is 0.332 e. The summed E-state index contributed by atoms with van der Waals surface area (Å²) < 4.78 is 4.93. The number of carboxylic acids is 1. The van der Waals surface area contributed by atoms with E-state index in [0.717, 1.165) is 6.42 Å². The lowest BCUT2D eigenvalue weighted by molar-refractivity contribution is -0.153. The molecular weight excluding hydrogens is 134 g/mol. The number of hydrogen-bond donors (Lipinski definition) is 2. The highest BCUT2D eigenvalue weighted by molar-refractivity contribution is 5.72. The maximum atomic E-state index is 10.3. The van der Waals surface area contributed by atoms with Crippen LogP contribution >= 0.6 is 0 Å². The lowest BCUT2D eigenvalue weighted by Gasteiger charge is -2.23. The zero-order chi connectivity index (χ0) is 7.56. The smallest absolute Gasteiger partial charge is 0.332 e. The molecule has 1 rings (SSSR count). The molecule has 1 aliphatic heterocycles. The van der Waals surface area contributed by atoms with Crippen molar-refractivity contribution in [2.75, 3.05) is 6.61 Å². The summed E-state index contributed by atoms with van der Waals surface area (Å²) in [4.78, 5) is 10.3. The van der Waals surface area contributed by atoms with Crippen molar-refractivity contribution in [3.05, 3.63) is 0 Å². The Morgan fingerprint density at radius 2 is 2.30 bits per heavy atom. The van der Waals surface area contributed by atoms with Crippen molar-refractivity contribution in [2.24, 2.45) is 5.73 Å². The molecule has 1 saturated heterocycles. The first-order valence-corrected chi connectivity index (χ1v) is 3.30. The van der Waals surface area contributed by atoms with Gasteiger partial charge in [-0.2, -0.15) is 0 Å². The molecule has 2 atom stereocenters. The van der Waals surface area contributed by atoms with E-state index in [0.29, 0.717) is 13.0 Å². The molecule has 0 saturated carbocycles. The summed E-state index contributed by atoms with van der Waals surface area (Å²) >= 11 is 0. The topological polar surface area (TPSA) is 72.6 Å². The van der Waals surface area contributed by atoms with Gasteiger partial charge in [0, 0.05) is 6.04 Å². The standard InChI is InChI=1S/C6H11NO3/c7-4-1-2-5(6(8)9)10-3-4/h4-5H,1-3,7H2,(H,8,9)/t4-,5+/m0/s1. The number of ether oxygens (including phenoxy) is 1. The van der Waals surface area contributed by atoms with E-state index in [1.807, 2.05) is 0 Å². The molecule has 4 heteroatoms. The van der Waals surface area contributed by atoms with Crippen LogP contribution in [0, 0.1) is 0 Å². The van der Waals surface area contributed by atoms with Crippen molar-refractivity contribution in [1.82, 2.24) is 0 Å². The van der Waals surface area contributed by atoms with Crippen LogP contribution in [0.25, 0.3) is 0 Å². The third-order valence-corrected chi connectivity index (χ3v) is 1.59. The molecule has 1 aliphatic rings. The Balaban J connectivity index is 2.33. The number of aliphatic carboxylic acids is 1. The Labute approximate surface area is 59.0 Å². The summed E-state index contributed by atoms with van der Waals surface area (Å²) in [6.07, 6.45) is 0.660.